The van der Waals surface area contributed by atoms with Crippen molar-refractivity contribution in [1.29, 1.82) is 0 Å². The summed E-state index contributed by atoms with van der Waals surface area (Å²) < 4.78 is 0. The third kappa shape index (κ3) is 60.9. The first-order chi connectivity index (χ1) is 63.9. The Balaban J connectivity index is -0.000000172. The molecule has 0 unspecified atom stereocenters. The third-order valence-electron chi connectivity index (χ3n) is 13.4. The van der Waals surface area contributed by atoms with E-state index in [0.717, 1.165) is 93.8 Å². The highest BCUT2D eigenvalue weighted by atomic mass is 16.1. The number of hydrogen-bond donors (Lipinski definition) is 3. The number of nitrogens with zero attached hydrogens (tertiary/aromatic N) is 13. The SMILES string of the molecule is C=C1C=Cc2ccccc2N1.C=C1N=Cc2ccccc2N1.CC.CC.CC.CC.CC.CC.CC.CC.CC.CC.CC.CC.CC.CC.CC.CC.CC.CC.O=c1cnc2ccccc2[nH]1.c1ccc2cnncc2c1.c1ccc2ncccc2c1.c1ccc2nccnc2c1.c1ccc2ncncc2c1.c1ccc2nnccc2c1.c1cnc2ncccc2c1. The predicted molar refractivity (Wildman–Crippen MR) is 581 cm³/mol. The molecule has 18 rings (SSSR count). The fourth-order valence-corrected chi connectivity index (χ4v) is 8.83. The molecule has 16 aromatic rings. The number of aliphatic imine (C=N–C) groups is 1. The normalized spacial score (nSPS) is 8.74. The van der Waals surface area contributed by atoms with Gasteiger partial charge in [0.2, 0.25) is 0 Å². The summed E-state index contributed by atoms with van der Waals surface area (Å²) in [6, 6.07) is 77.0. The van der Waals surface area contributed by atoms with Gasteiger partial charge in [-0.3, -0.25) is 19.7 Å². The second-order valence-corrected chi connectivity index (χ2v) is 19.8. The van der Waals surface area contributed by atoms with Crippen LogP contribution in [-0.4, -0.2) is 71.5 Å². The molecule has 0 spiro atoms. The summed E-state index contributed by atoms with van der Waals surface area (Å²) in [6.45, 7) is 79.5. The van der Waals surface area contributed by atoms with E-state index in [4.69, 9.17) is 0 Å². The van der Waals surface area contributed by atoms with Crippen molar-refractivity contribution in [2.75, 3.05) is 10.6 Å². The molecule has 0 bridgehead atoms. The largest absolute Gasteiger partial charge is 0.356 e. The summed E-state index contributed by atoms with van der Waals surface area (Å²) in [6.07, 6.45) is 24.4. The van der Waals surface area contributed by atoms with E-state index < -0.39 is 0 Å². The van der Waals surface area contributed by atoms with E-state index in [2.05, 4.69) is 118 Å². The molecule has 8 aromatic carbocycles. The molecule has 0 amide bonds. The van der Waals surface area contributed by atoms with E-state index in [9.17, 15) is 4.79 Å². The Morgan fingerprint density at radius 3 is 1.07 bits per heavy atom. The molecule has 0 atom stereocenters. The Morgan fingerprint density at radius 1 is 0.256 bits per heavy atom. The van der Waals surface area contributed by atoms with Crippen molar-refractivity contribution in [2.24, 2.45) is 4.99 Å². The average Bonchev–Trinajstić information content (AvgIpc) is 0.848. The number of H-pyrrole nitrogens is 1. The number of fused-ring (bicyclic) bond motifs is 9. The Bertz CT molecular complexity index is 4190. The minimum Gasteiger partial charge on any atom is -0.356 e. The molecule has 2 aliphatic heterocycles. The van der Waals surface area contributed by atoms with Crippen molar-refractivity contribution < 1.29 is 0 Å². The van der Waals surface area contributed by atoms with E-state index in [-0.39, 0.29) is 5.56 Å². The van der Waals surface area contributed by atoms with Crippen LogP contribution in [0.15, 0.2) is 345 Å². The van der Waals surface area contributed by atoms with Crippen molar-refractivity contribution in [2.45, 2.75) is 249 Å². The molecular weight excluding hydrogens is 1590 g/mol. The minimum atomic E-state index is -0.163. The van der Waals surface area contributed by atoms with Crippen molar-refractivity contribution in [3.8, 4) is 0 Å². The van der Waals surface area contributed by atoms with Gasteiger partial charge < -0.3 is 15.6 Å². The maximum atomic E-state index is 10.8. The van der Waals surface area contributed by atoms with Crippen LogP contribution in [0.3, 0.4) is 0 Å². The third-order valence-corrected chi connectivity index (χ3v) is 13.4. The van der Waals surface area contributed by atoms with Gasteiger partial charge in [0.25, 0.3) is 5.56 Å². The summed E-state index contributed by atoms with van der Waals surface area (Å²) in [5.41, 5.74) is 12.6. The van der Waals surface area contributed by atoms with E-state index in [0.29, 0.717) is 5.82 Å². The summed E-state index contributed by atoms with van der Waals surface area (Å²) in [4.78, 5) is 49.9. The van der Waals surface area contributed by atoms with Crippen LogP contribution in [0.1, 0.15) is 260 Å². The number of rotatable bonds is 0. The number of nitrogens with one attached hydrogen (secondary N) is 3. The van der Waals surface area contributed by atoms with E-state index in [1.165, 1.54) is 17.1 Å². The van der Waals surface area contributed by atoms with Gasteiger partial charge in [-0.15, -0.1) is 0 Å². The van der Waals surface area contributed by atoms with Crippen LogP contribution in [0.25, 0.3) is 82.7 Å². The molecule has 0 fully saturated rings. The van der Waals surface area contributed by atoms with E-state index in [1.54, 1.807) is 49.7 Å². The second kappa shape index (κ2) is 105. The molecule has 129 heavy (non-hydrogen) atoms. The zero-order chi connectivity index (χ0) is 99.9. The Hall–Kier alpha value is -13.3. The van der Waals surface area contributed by atoms with Gasteiger partial charge in [0.05, 0.1) is 63.4 Å². The van der Waals surface area contributed by atoms with Gasteiger partial charge in [-0.05, 0) is 103 Å². The number of benzene rings is 8. The van der Waals surface area contributed by atoms with Crippen molar-refractivity contribution in [3.63, 3.8) is 0 Å². The molecule has 0 saturated carbocycles. The number of aromatic nitrogens is 13. The standard InChI is InChI=1S/C10H9N.C9H8N2.C9H7N.C8H6N2O.5C8H6N2.18C2H6/c1-8-6-7-9-4-2-3-5-10(9)11-8;1-7-10-6-8-4-2-3-5-9(8)11-7;1-2-6-9-8(4-1)5-3-7-10-9;11-8-5-9-6-3-1-2-4-7(6)10-8;1-3-7-4-2-6-10-8(7)9-5-1;1-2-4-8-7(3-1)5-9-6-10-8;1-2-4-8-6-10-9-5-7(8)3-1;1-2-4-8-7(3-1)9-5-6-10-8;1-2-4-8-7(3-1)5-6-9-10-8;18*1-2/h2-7,11H,1H2;2-6,11H,1H2;1-7H;1-5H,(H,10,11);5*1-6H;18*1-2H3. The first-order valence-electron chi connectivity index (χ1n) is 47.2. The summed E-state index contributed by atoms with van der Waals surface area (Å²) in [5.74, 6) is 0.698. The lowest BCUT2D eigenvalue weighted by molar-refractivity contribution is 1.05. The number of pyridine rings is 3. The zero-order valence-corrected chi connectivity index (χ0v) is 86.2. The molecule has 8 aromatic heterocycles. The fraction of sp³-hybridized carbons (Fsp3) is 0.321. The van der Waals surface area contributed by atoms with Crippen molar-refractivity contribution in [3.05, 3.63) is 357 Å². The quantitative estimate of drug-likeness (QED) is 0.128. The molecule has 17 heteroatoms. The lowest BCUT2D eigenvalue weighted by Crippen LogP contribution is -2.04. The molecule has 3 N–H and O–H groups in total. The first-order valence-corrected chi connectivity index (χ1v) is 47.2. The topological polar surface area (TPSA) is 224 Å². The van der Waals surface area contributed by atoms with Gasteiger partial charge >= 0.3 is 0 Å². The monoisotopic (exact) mass is 1750 g/mol. The number of aromatic amines is 1. The molecular formula is C112H168N16O. The minimum absolute atomic E-state index is 0.163. The van der Waals surface area contributed by atoms with Gasteiger partial charge in [-0.2, -0.15) is 20.4 Å². The van der Waals surface area contributed by atoms with Gasteiger partial charge in [0.1, 0.15) is 12.1 Å². The van der Waals surface area contributed by atoms with E-state index >= 15 is 0 Å². The Labute approximate surface area is 782 Å². The maximum Gasteiger partial charge on any atom is 0.266 e. The Kier molecular flexibility index (Phi) is 109. The van der Waals surface area contributed by atoms with E-state index in [1.807, 2.05) is 492 Å². The average molecular weight is 1750 g/mol. The van der Waals surface area contributed by atoms with Crippen LogP contribution in [-0.2, 0) is 0 Å². The van der Waals surface area contributed by atoms with Crippen LogP contribution in [0.2, 0.25) is 0 Å². The number of anilines is 2. The summed E-state index contributed by atoms with van der Waals surface area (Å²) in [5, 5.41) is 28.3. The first kappa shape index (κ1) is 134. The lowest BCUT2D eigenvalue weighted by atomic mass is 10.1. The van der Waals surface area contributed by atoms with Crippen LogP contribution < -0.4 is 16.2 Å². The fourth-order valence-electron chi connectivity index (χ4n) is 8.83. The maximum absolute atomic E-state index is 10.8. The number of para-hydroxylation sites is 8. The van der Waals surface area contributed by atoms with Gasteiger partial charge in [-0.25, -0.2) is 29.9 Å². The van der Waals surface area contributed by atoms with Gasteiger partial charge in [0.15, 0.2) is 5.65 Å². The van der Waals surface area contributed by atoms with Gasteiger partial charge in [0, 0.05) is 98.3 Å². The van der Waals surface area contributed by atoms with Crippen LogP contribution >= 0.6 is 0 Å². The molecule has 2 aliphatic rings. The molecule has 10 heterocycles. The second-order valence-electron chi connectivity index (χ2n) is 19.8. The van der Waals surface area contributed by atoms with Crippen molar-refractivity contribution >= 4 is 100 Å². The predicted octanol–water partition coefficient (Wildman–Crippen LogP) is 34.4. The molecule has 0 aliphatic carbocycles. The molecule has 17 nitrogen and oxygen atoms in total. The zero-order valence-electron chi connectivity index (χ0n) is 86.2. The molecule has 0 radical (unpaired) electrons. The van der Waals surface area contributed by atoms with Crippen LogP contribution in [0.4, 0.5) is 11.4 Å². The van der Waals surface area contributed by atoms with Crippen LogP contribution in [0, 0.1) is 0 Å². The summed E-state index contributed by atoms with van der Waals surface area (Å²) in [7, 11) is 0. The van der Waals surface area contributed by atoms with Gasteiger partial charge in [-0.1, -0.05) is 414 Å². The Morgan fingerprint density at radius 2 is 0.612 bits per heavy atom. The number of allylic oxidation sites excluding steroid dienone is 1. The smallest absolute Gasteiger partial charge is 0.266 e. The van der Waals surface area contributed by atoms with Crippen molar-refractivity contribution in [1.82, 2.24) is 65.3 Å². The highest BCUT2D eigenvalue weighted by Gasteiger charge is 2.05. The summed E-state index contributed by atoms with van der Waals surface area (Å²) >= 11 is 0. The highest BCUT2D eigenvalue weighted by Crippen LogP contribution is 2.23. The van der Waals surface area contributed by atoms with Crippen LogP contribution in [0.5, 0.6) is 0 Å². The number of hydrogen-bond acceptors (Lipinski definition) is 16. The highest BCUT2D eigenvalue weighted by molar-refractivity contribution is 5.91. The lowest BCUT2D eigenvalue weighted by Gasteiger charge is -2.13. The molecule has 702 valence electrons. The molecule has 0 saturated heterocycles.